The molecule has 3 nitrogen and oxygen atoms in total. The van der Waals surface area contributed by atoms with Crippen molar-refractivity contribution in [2.24, 2.45) is 16.6 Å². The highest BCUT2D eigenvalue weighted by atomic mass is 19.4. The summed E-state index contributed by atoms with van der Waals surface area (Å²) in [7, 11) is 0. The van der Waals surface area contributed by atoms with Gasteiger partial charge in [0.15, 0.2) is 5.96 Å². The van der Waals surface area contributed by atoms with Gasteiger partial charge in [-0.1, -0.05) is 6.92 Å². The molecule has 18 heavy (non-hydrogen) atoms. The Hall–Kier alpha value is -0.940. The molecular formula is C12H20F3N3. The fourth-order valence-electron chi connectivity index (χ4n) is 3.13. The first-order valence-electron chi connectivity index (χ1n) is 6.53. The number of halogens is 3. The van der Waals surface area contributed by atoms with E-state index in [4.69, 9.17) is 5.73 Å². The van der Waals surface area contributed by atoms with E-state index < -0.39 is 12.1 Å². The summed E-state index contributed by atoms with van der Waals surface area (Å²) in [5.41, 5.74) is 5.61. The van der Waals surface area contributed by atoms with E-state index in [2.05, 4.69) is 4.99 Å². The number of guanidine groups is 1. The third kappa shape index (κ3) is 2.29. The van der Waals surface area contributed by atoms with Crippen LogP contribution in [0.15, 0.2) is 4.99 Å². The Morgan fingerprint density at radius 2 is 2.00 bits per heavy atom. The molecule has 1 aliphatic carbocycles. The molecule has 1 saturated carbocycles. The van der Waals surface area contributed by atoms with Gasteiger partial charge in [0.25, 0.3) is 0 Å². The first kappa shape index (κ1) is 13.5. The van der Waals surface area contributed by atoms with Gasteiger partial charge in [0, 0.05) is 6.54 Å². The maximum absolute atomic E-state index is 12.7. The van der Waals surface area contributed by atoms with Crippen molar-refractivity contribution in [3.05, 3.63) is 0 Å². The Balaban J connectivity index is 2.04. The van der Waals surface area contributed by atoms with Gasteiger partial charge in [0.2, 0.25) is 0 Å². The van der Waals surface area contributed by atoms with Crippen molar-refractivity contribution in [3.63, 3.8) is 0 Å². The Bertz CT molecular complexity index is 330. The van der Waals surface area contributed by atoms with Crippen LogP contribution in [0.5, 0.6) is 0 Å². The second-order valence-corrected chi connectivity index (χ2v) is 5.37. The van der Waals surface area contributed by atoms with Crippen molar-refractivity contribution in [3.8, 4) is 0 Å². The Morgan fingerprint density at radius 1 is 1.39 bits per heavy atom. The lowest BCUT2D eigenvalue weighted by Gasteiger charge is -2.44. The molecule has 0 unspecified atom stereocenters. The average molecular weight is 263 g/mol. The number of aliphatic imine (C=N–C) groups is 1. The van der Waals surface area contributed by atoms with E-state index in [0.29, 0.717) is 25.3 Å². The van der Waals surface area contributed by atoms with E-state index in [1.807, 2.05) is 11.8 Å². The summed E-state index contributed by atoms with van der Waals surface area (Å²) in [6.45, 7) is 3.38. The predicted molar refractivity (Wildman–Crippen MR) is 64.2 cm³/mol. The van der Waals surface area contributed by atoms with Crippen LogP contribution >= 0.6 is 0 Å². The van der Waals surface area contributed by atoms with Gasteiger partial charge in [0.1, 0.15) is 0 Å². The van der Waals surface area contributed by atoms with Gasteiger partial charge in [-0.3, -0.25) is 4.99 Å². The zero-order valence-corrected chi connectivity index (χ0v) is 10.6. The molecule has 2 rings (SSSR count). The molecule has 0 amide bonds. The molecule has 2 aliphatic rings. The molecule has 0 aromatic heterocycles. The summed E-state index contributed by atoms with van der Waals surface area (Å²) in [5.74, 6) is -0.643. The Kier molecular flexibility index (Phi) is 3.47. The van der Waals surface area contributed by atoms with Gasteiger partial charge in [-0.05, 0) is 32.1 Å². The van der Waals surface area contributed by atoms with Crippen LogP contribution in [0.2, 0.25) is 0 Å². The standard InChI is InChI=1S/C12H20F3N3/c1-2-7-18-10(16)17-8-11(18)5-3-9(4-6-11)12(13,14)15/h9H,2-8H2,1H3,(H2,16,17). The van der Waals surface area contributed by atoms with Crippen LogP contribution in [0, 0.1) is 5.92 Å². The minimum atomic E-state index is -4.05. The number of nitrogens with zero attached hydrogens (tertiary/aromatic N) is 2. The number of alkyl halides is 3. The molecule has 6 heteroatoms. The largest absolute Gasteiger partial charge is 0.391 e. The monoisotopic (exact) mass is 263 g/mol. The molecule has 0 aromatic rings. The molecule has 0 atom stereocenters. The molecule has 1 heterocycles. The molecule has 0 saturated heterocycles. The fourth-order valence-corrected chi connectivity index (χ4v) is 3.13. The normalized spacial score (nSPS) is 33.0. The molecule has 1 fully saturated rings. The second kappa shape index (κ2) is 4.63. The molecule has 0 bridgehead atoms. The number of nitrogens with two attached hydrogens (primary N) is 1. The zero-order valence-electron chi connectivity index (χ0n) is 10.6. The third-order valence-corrected chi connectivity index (χ3v) is 4.21. The van der Waals surface area contributed by atoms with Crippen LogP contribution in [0.1, 0.15) is 39.0 Å². The number of hydrogen-bond acceptors (Lipinski definition) is 3. The maximum Gasteiger partial charge on any atom is 0.391 e. The second-order valence-electron chi connectivity index (χ2n) is 5.37. The van der Waals surface area contributed by atoms with Crippen LogP contribution in [-0.4, -0.2) is 35.7 Å². The highest BCUT2D eigenvalue weighted by Crippen LogP contribution is 2.44. The van der Waals surface area contributed by atoms with Gasteiger partial charge in [0.05, 0.1) is 18.0 Å². The first-order valence-corrected chi connectivity index (χ1v) is 6.53. The van der Waals surface area contributed by atoms with E-state index in [9.17, 15) is 13.2 Å². The van der Waals surface area contributed by atoms with Gasteiger partial charge >= 0.3 is 6.18 Å². The number of hydrogen-bond donors (Lipinski definition) is 1. The Labute approximate surface area is 105 Å². The summed E-state index contributed by atoms with van der Waals surface area (Å²) in [4.78, 5) is 6.27. The van der Waals surface area contributed by atoms with Crippen molar-refractivity contribution in [2.45, 2.75) is 50.7 Å². The zero-order chi connectivity index (χ0) is 13.4. The molecule has 0 radical (unpaired) electrons. The van der Waals surface area contributed by atoms with Gasteiger partial charge in [-0.25, -0.2) is 0 Å². The van der Waals surface area contributed by atoms with E-state index in [1.165, 1.54) is 0 Å². The summed E-state index contributed by atoms with van der Waals surface area (Å²) in [6.07, 6.45) is -1.63. The van der Waals surface area contributed by atoms with E-state index in [1.54, 1.807) is 0 Å². The SMILES string of the molecule is CCCN1C(N)=NCC12CCC(C(F)(F)F)CC2. The van der Waals surface area contributed by atoms with Gasteiger partial charge in [-0.15, -0.1) is 0 Å². The lowest BCUT2D eigenvalue weighted by molar-refractivity contribution is -0.186. The summed E-state index contributed by atoms with van der Waals surface area (Å²) < 4.78 is 38.0. The molecule has 1 spiro atoms. The minimum Gasteiger partial charge on any atom is -0.370 e. The van der Waals surface area contributed by atoms with Crippen LogP contribution < -0.4 is 5.73 Å². The van der Waals surface area contributed by atoms with E-state index in [-0.39, 0.29) is 18.4 Å². The van der Waals surface area contributed by atoms with Gasteiger partial charge in [-0.2, -0.15) is 13.2 Å². The van der Waals surface area contributed by atoms with Crippen LogP contribution in [-0.2, 0) is 0 Å². The smallest absolute Gasteiger partial charge is 0.370 e. The summed E-state index contributed by atoms with van der Waals surface area (Å²) in [5, 5.41) is 0. The van der Waals surface area contributed by atoms with Crippen molar-refractivity contribution >= 4 is 5.96 Å². The van der Waals surface area contributed by atoms with Crippen LogP contribution in [0.3, 0.4) is 0 Å². The number of rotatable bonds is 2. The third-order valence-electron chi connectivity index (χ3n) is 4.21. The molecular weight excluding hydrogens is 243 g/mol. The lowest BCUT2D eigenvalue weighted by Crippen LogP contribution is -2.54. The van der Waals surface area contributed by atoms with E-state index >= 15 is 0 Å². The van der Waals surface area contributed by atoms with Gasteiger partial charge < -0.3 is 10.6 Å². The van der Waals surface area contributed by atoms with E-state index in [0.717, 1.165) is 13.0 Å². The highest BCUT2D eigenvalue weighted by molar-refractivity contribution is 5.81. The van der Waals surface area contributed by atoms with Crippen molar-refractivity contribution in [1.29, 1.82) is 0 Å². The Morgan fingerprint density at radius 3 is 2.50 bits per heavy atom. The predicted octanol–water partition coefficient (Wildman–Crippen LogP) is 2.52. The topological polar surface area (TPSA) is 41.6 Å². The molecule has 2 N–H and O–H groups in total. The fraction of sp³-hybridized carbons (Fsp3) is 0.917. The minimum absolute atomic E-state index is 0.201. The molecule has 1 aliphatic heterocycles. The quantitative estimate of drug-likeness (QED) is 0.831. The van der Waals surface area contributed by atoms with Crippen LogP contribution in [0.25, 0.3) is 0 Å². The van der Waals surface area contributed by atoms with Crippen molar-refractivity contribution < 1.29 is 13.2 Å². The molecule has 104 valence electrons. The lowest BCUT2D eigenvalue weighted by atomic mass is 9.75. The average Bonchev–Trinajstić information content (AvgIpc) is 2.59. The summed E-state index contributed by atoms with van der Waals surface area (Å²) in [6, 6.07) is 0. The molecule has 0 aromatic carbocycles. The highest BCUT2D eigenvalue weighted by Gasteiger charge is 2.49. The summed E-state index contributed by atoms with van der Waals surface area (Å²) >= 11 is 0. The van der Waals surface area contributed by atoms with Crippen LogP contribution in [0.4, 0.5) is 13.2 Å². The van der Waals surface area contributed by atoms with Crippen molar-refractivity contribution in [2.75, 3.05) is 13.1 Å². The van der Waals surface area contributed by atoms with Crippen molar-refractivity contribution in [1.82, 2.24) is 4.90 Å². The first-order chi connectivity index (χ1) is 8.39. The maximum atomic E-state index is 12.7.